The molecule has 0 spiro atoms. The number of ether oxygens (including phenoxy) is 1. The van der Waals surface area contributed by atoms with Crippen LogP contribution in [0.15, 0.2) is 0 Å². The zero-order chi connectivity index (χ0) is 15.9. The molecule has 0 aromatic heterocycles. The Labute approximate surface area is 129 Å². The van der Waals surface area contributed by atoms with E-state index in [2.05, 4.69) is 13.8 Å². The number of carboxylic acids is 1. The van der Waals surface area contributed by atoms with E-state index in [0.29, 0.717) is 19.4 Å². The molecule has 0 aliphatic carbocycles. The molecule has 0 fully saturated rings. The number of hydrogen-bond acceptors (Lipinski definition) is 3. The van der Waals surface area contributed by atoms with Gasteiger partial charge in [-0.1, -0.05) is 52.4 Å². The average Bonchev–Trinajstić information content (AvgIpc) is 2.45. The number of unbranched alkanes of at least 4 members (excludes halogenated alkanes) is 5. The molecule has 0 rings (SSSR count). The minimum Gasteiger partial charge on any atom is -0.481 e. The van der Waals surface area contributed by atoms with Gasteiger partial charge in [-0.05, 0) is 25.7 Å². The monoisotopic (exact) mass is 300 g/mol. The van der Waals surface area contributed by atoms with E-state index in [9.17, 15) is 9.59 Å². The van der Waals surface area contributed by atoms with Crippen LogP contribution in [0.3, 0.4) is 0 Å². The summed E-state index contributed by atoms with van der Waals surface area (Å²) in [5.74, 6) is -0.852. The molecule has 4 heteroatoms. The van der Waals surface area contributed by atoms with Crippen molar-refractivity contribution in [3.05, 3.63) is 0 Å². The summed E-state index contributed by atoms with van der Waals surface area (Å²) in [6.45, 7) is 4.66. The van der Waals surface area contributed by atoms with E-state index in [0.717, 1.165) is 32.1 Å². The highest BCUT2D eigenvalue weighted by molar-refractivity contribution is 5.72. The molecule has 0 aliphatic heterocycles. The Bertz CT molecular complexity index is 276. The zero-order valence-corrected chi connectivity index (χ0v) is 13.7. The van der Waals surface area contributed by atoms with Crippen LogP contribution in [-0.4, -0.2) is 23.7 Å². The molecule has 0 bridgehead atoms. The van der Waals surface area contributed by atoms with Crippen molar-refractivity contribution in [2.45, 2.75) is 84.5 Å². The Morgan fingerprint density at radius 1 is 0.905 bits per heavy atom. The third-order valence-corrected chi connectivity index (χ3v) is 3.67. The lowest BCUT2D eigenvalue weighted by Crippen LogP contribution is -2.18. The fourth-order valence-electron chi connectivity index (χ4n) is 2.32. The lowest BCUT2D eigenvalue weighted by molar-refractivity contribution is -0.149. The Morgan fingerprint density at radius 3 is 2.19 bits per heavy atom. The molecule has 21 heavy (non-hydrogen) atoms. The Kier molecular flexibility index (Phi) is 13.2. The third-order valence-electron chi connectivity index (χ3n) is 3.67. The van der Waals surface area contributed by atoms with Gasteiger partial charge in [-0.25, -0.2) is 0 Å². The van der Waals surface area contributed by atoms with Crippen molar-refractivity contribution in [2.75, 3.05) is 6.61 Å². The summed E-state index contributed by atoms with van der Waals surface area (Å²) in [6.07, 6.45) is 10.1. The number of carboxylic acid groups (broad SMARTS) is 1. The molecule has 0 radical (unpaired) electrons. The summed E-state index contributed by atoms with van der Waals surface area (Å²) in [6, 6.07) is 0. The van der Waals surface area contributed by atoms with Gasteiger partial charge in [-0.15, -0.1) is 0 Å². The van der Waals surface area contributed by atoms with Gasteiger partial charge >= 0.3 is 11.9 Å². The fourth-order valence-corrected chi connectivity index (χ4v) is 2.32. The van der Waals surface area contributed by atoms with E-state index in [1.165, 1.54) is 19.3 Å². The molecule has 4 nitrogen and oxygen atoms in total. The van der Waals surface area contributed by atoms with E-state index >= 15 is 0 Å². The molecule has 0 aromatic rings. The van der Waals surface area contributed by atoms with Gasteiger partial charge in [0.1, 0.15) is 0 Å². The minimum absolute atomic E-state index is 0.0290. The van der Waals surface area contributed by atoms with E-state index in [1.807, 2.05) is 0 Å². The standard InChI is InChI=1S/C17H32O4/c1-3-5-7-8-12-15(11-6-4-2)17(20)21-14-10-9-13-16(18)19/h15H,3-14H2,1-2H3,(H,18,19). The van der Waals surface area contributed by atoms with Crippen LogP contribution in [-0.2, 0) is 14.3 Å². The Morgan fingerprint density at radius 2 is 1.57 bits per heavy atom. The molecular formula is C17H32O4. The van der Waals surface area contributed by atoms with Crippen molar-refractivity contribution in [1.82, 2.24) is 0 Å². The summed E-state index contributed by atoms with van der Waals surface area (Å²) in [5.41, 5.74) is 0. The second-order valence-electron chi connectivity index (χ2n) is 5.71. The van der Waals surface area contributed by atoms with Gasteiger partial charge in [0.15, 0.2) is 0 Å². The van der Waals surface area contributed by atoms with E-state index in [4.69, 9.17) is 9.84 Å². The van der Waals surface area contributed by atoms with Gasteiger partial charge in [0.05, 0.1) is 12.5 Å². The van der Waals surface area contributed by atoms with Crippen LogP contribution in [0, 0.1) is 5.92 Å². The van der Waals surface area contributed by atoms with Crippen molar-refractivity contribution in [3.8, 4) is 0 Å². The lowest BCUT2D eigenvalue weighted by atomic mass is 9.95. The van der Waals surface area contributed by atoms with Crippen LogP contribution >= 0.6 is 0 Å². The number of hydrogen-bond donors (Lipinski definition) is 1. The van der Waals surface area contributed by atoms with E-state index in [1.54, 1.807) is 0 Å². The van der Waals surface area contributed by atoms with Crippen molar-refractivity contribution in [3.63, 3.8) is 0 Å². The molecule has 1 atom stereocenters. The molecular weight excluding hydrogens is 268 g/mol. The summed E-state index contributed by atoms with van der Waals surface area (Å²) in [4.78, 5) is 22.5. The maximum atomic E-state index is 12.1. The van der Waals surface area contributed by atoms with Gasteiger partial charge in [-0.3, -0.25) is 9.59 Å². The Hall–Kier alpha value is -1.06. The first-order valence-corrected chi connectivity index (χ1v) is 8.50. The first-order valence-electron chi connectivity index (χ1n) is 8.50. The highest BCUT2D eigenvalue weighted by Crippen LogP contribution is 2.19. The maximum Gasteiger partial charge on any atom is 0.308 e. The van der Waals surface area contributed by atoms with Crippen LogP contribution in [0.1, 0.15) is 84.5 Å². The predicted octanol–water partition coefficient (Wildman–Crippen LogP) is 4.56. The summed E-state index contributed by atoms with van der Waals surface area (Å²) in [7, 11) is 0. The second-order valence-corrected chi connectivity index (χ2v) is 5.71. The molecule has 1 N–H and O–H groups in total. The topological polar surface area (TPSA) is 63.6 Å². The SMILES string of the molecule is CCCCCCC(CCCC)C(=O)OCCCCC(=O)O. The summed E-state index contributed by atoms with van der Waals surface area (Å²) in [5, 5.41) is 8.54. The lowest BCUT2D eigenvalue weighted by Gasteiger charge is -2.15. The molecule has 0 aromatic carbocycles. The molecule has 0 saturated carbocycles. The van der Waals surface area contributed by atoms with Crippen LogP contribution < -0.4 is 0 Å². The summed E-state index contributed by atoms with van der Waals surface area (Å²) < 4.78 is 5.31. The predicted molar refractivity (Wildman–Crippen MR) is 84.2 cm³/mol. The Balaban J connectivity index is 3.91. The van der Waals surface area contributed by atoms with Crippen LogP contribution in [0.5, 0.6) is 0 Å². The fraction of sp³-hybridized carbons (Fsp3) is 0.882. The number of rotatable bonds is 14. The molecule has 0 heterocycles. The average molecular weight is 300 g/mol. The largest absolute Gasteiger partial charge is 0.481 e. The zero-order valence-electron chi connectivity index (χ0n) is 13.7. The first-order chi connectivity index (χ1) is 10.1. The summed E-state index contributed by atoms with van der Waals surface area (Å²) >= 11 is 0. The van der Waals surface area contributed by atoms with Crippen molar-refractivity contribution in [1.29, 1.82) is 0 Å². The van der Waals surface area contributed by atoms with Crippen molar-refractivity contribution >= 4 is 11.9 Å². The quantitative estimate of drug-likeness (QED) is 0.377. The smallest absolute Gasteiger partial charge is 0.308 e. The first kappa shape index (κ1) is 19.9. The van der Waals surface area contributed by atoms with Crippen molar-refractivity contribution < 1.29 is 19.4 Å². The van der Waals surface area contributed by atoms with Crippen LogP contribution in [0.2, 0.25) is 0 Å². The molecule has 0 saturated heterocycles. The maximum absolute atomic E-state index is 12.1. The minimum atomic E-state index is -0.793. The number of carbonyl (C=O) groups is 2. The van der Waals surface area contributed by atoms with Crippen LogP contribution in [0.4, 0.5) is 0 Å². The van der Waals surface area contributed by atoms with Crippen molar-refractivity contribution in [2.24, 2.45) is 5.92 Å². The van der Waals surface area contributed by atoms with Crippen LogP contribution in [0.25, 0.3) is 0 Å². The molecule has 124 valence electrons. The van der Waals surface area contributed by atoms with Gasteiger partial charge in [-0.2, -0.15) is 0 Å². The number of aliphatic carboxylic acids is 1. The highest BCUT2D eigenvalue weighted by Gasteiger charge is 2.18. The second kappa shape index (κ2) is 13.9. The number of carbonyl (C=O) groups excluding carboxylic acids is 1. The number of esters is 1. The third kappa shape index (κ3) is 12.4. The van der Waals surface area contributed by atoms with Gasteiger partial charge in [0.25, 0.3) is 0 Å². The van der Waals surface area contributed by atoms with E-state index < -0.39 is 5.97 Å². The molecule has 0 aliphatic rings. The molecule has 0 amide bonds. The highest BCUT2D eigenvalue weighted by atomic mass is 16.5. The van der Waals surface area contributed by atoms with Gasteiger partial charge in [0.2, 0.25) is 0 Å². The van der Waals surface area contributed by atoms with E-state index in [-0.39, 0.29) is 18.3 Å². The van der Waals surface area contributed by atoms with Gasteiger partial charge < -0.3 is 9.84 Å². The van der Waals surface area contributed by atoms with Gasteiger partial charge in [0, 0.05) is 6.42 Å². The molecule has 1 unspecified atom stereocenters. The normalized spacial score (nSPS) is 12.1.